The Balaban J connectivity index is 2.19. The molecule has 0 unspecified atom stereocenters. The summed E-state index contributed by atoms with van der Waals surface area (Å²) in [6, 6.07) is 9.41. The van der Waals surface area contributed by atoms with Crippen LogP contribution in [0, 0.1) is 0 Å². The molecule has 7 heteroatoms. The Hall–Kier alpha value is -1.44. The van der Waals surface area contributed by atoms with Gasteiger partial charge in [0, 0.05) is 13.1 Å². The maximum atomic E-state index is 11.5. The molecule has 0 atom stereocenters. The zero-order valence-corrected chi connectivity index (χ0v) is 12.3. The number of hydrogen-bond donors (Lipinski definition) is 1. The van der Waals surface area contributed by atoms with Gasteiger partial charge in [-0.25, -0.2) is 13.6 Å². The number of benzene rings is 1. The Bertz CT molecular complexity index is 516. The molecule has 0 radical (unpaired) electrons. The lowest BCUT2D eigenvalue weighted by Crippen LogP contribution is -2.30. The molecule has 0 aliphatic heterocycles. The zero-order chi connectivity index (χ0) is 15.0. The van der Waals surface area contributed by atoms with Crippen molar-refractivity contribution in [3.05, 3.63) is 35.9 Å². The fraction of sp³-hybridized carbons (Fsp3) is 0.462. The smallest absolute Gasteiger partial charge is 0.307 e. The van der Waals surface area contributed by atoms with E-state index in [1.54, 1.807) is 11.9 Å². The topological polar surface area (TPSA) is 89.7 Å². The number of sulfonamides is 1. The van der Waals surface area contributed by atoms with Crippen LogP contribution in [0.25, 0.3) is 0 Å². The van der Waals surface area contributed by atoms with Crippen molar-refractivity contribution in [2.24, 2.45) is 5.14 Å². The lowest BCUT2D eigenvalue weighted by molar-refractivity contribution is -0.145. The maximum absolute atomic E-state index is 11.5. The van der Waals surface area contributed by atoms with Crippen LogP contribution < -0.4 is 5.14 Å². The molecule has 0 aliphatic carbocycles. The minimum Gasteiger partial charge on any atom is -0.461 e. The Morgan fingerprint density at radius 1 is 1.25 bits per heavy atom. The van der Waals surface area contributed by atoms with Crippen LogP contribution in [0.3, 0.4) is 0 Å². The highest BCUT2D eigenvalue weighted by atomic mass is 32.2. The molecule has 20 heavy (non-hydrogen) atoms. The summed E-state index contributed by atoms with van der Waals surface area (Å²) in [6.45, 7) is 0.981. The molecule has 1 rings (SSSR count). The summed E-state index contributed by atoms with van der Waals surface area (Å²) >= 11 is 0. The van der Waals surface area contributed by atoms with Crippen molar-refractivity contribution in [1.82, 2.24) is 4.90 Å². The molecule has 0 spiro atoms. The van der Waals surface area contributed by atoms with E-state index in [1.165, 1.54) is 0 Å². The van der Waals surface area contributed by atoms with E-state index in [9.17, 15) is 13.2 Å². The van der Waals surface area contributed by atoms with Gasteiger partial charge in [0.25, 0.3) is 0 Å². The van der Waals surface area contributed by atoms with Crippen molar-refractivity contribution in [3.63, 3.8) is 0 Å². The number of rotatable bonds is 8. The van der Waals surface area contributed by atoms with Gasteiger partial charge in [-0.3, -0.25) is 4.79 Å². The van der Waals surface area contributed by atoms with Crippen molar-refractivity contribution in [2.75, 3.05) is 25.9 Å². The molecule has 0 saturated heterocycles. The van der Waals surface area contributed by atoms with Gasteiger partial charge < -0.3 is 9.64 Å². The molecule has 112 valence electrons. The molecule has 1 aromatic carbocycles. The van der Waals surface area contributed by atoms with Gasteiger partial charge in [-0.1, -0.05) is 30.3 Å². The van der Waals surface area contributed by atoms with Crippen molar-refractivity contribution in [3.8, 4) is 0 Å². The molecule has 0 aromatic heterocycles. The minimum atomic E-state index is -3.46. The number of carbonyl (C=O) groups excluding carboxylic acids is 1. The van der Waals surface area contributed by atoms with Crippen molar-refractivity contribution < 1.29 is 17.9 Å². The number of ether oxygens (including phenoxy) is 1. The molecular weight excluding hydrogens is 280 g/mol. The van der Waals surface area contributed by atoms with Crippen LogP contribution in [0.15, 0.2) is 30.3 Å². The van der Waals surface area contributed by atoms with Crippen molar-refractivity contribution in [2.45, 2.75) is 13.0 Å². The highest BCUT2D eigenvalue weighted by molar-refractivity contribution is 7.89. The molecule has 0 aliphatic rings. The third kappa shape index (κ3) is 7.88. The molecule has 6 nitrogen and oxygen atoms in total. The molecule has 0 fully saturated rings. The van der Waals surface area contributed by atoms with E-state index in [0.717, 1.165) is 5.56 Å². The summed E-state index contributed by atoms with van der Waals surface area (Å²) in [5, 5.41) is 4.91. The van der Waals surface area contributed by atoms with Crippen LogP contribution in [0.4, 0.5) is 0 Å². The van der Waals surface area contributed by atoms with E-state index >= 15 is 0 Å². The summed E-state index contributed by atoms with van der Waals surface area (Å²) in [5.74, 6) is -0.431. The van der Waals surface area contributed by atoms with Gasteiger partial charge in [0.05, 0.1) is 12.2 Å². The van der Waals surface area contributed by atoms with Gasteiger partial charge >= 0.3 is 5.97 Å². The molecule has 1 aromatic rings. The van der Waals surface area contributed by atoms with Crippen LogP contribution in [-0.4, -0.2) is 45.2 Å². The molecule has 0 amide bonds. The number of nitrogens with zero attached hydrogens (tertiary/aromatic N) is 1. The molecule has 2 N–H and O–H groups in total. The summed E-state index contributed by atoms with van der Waals surface area (Å²) in [6.07, 6.45) is 0.216. The third-order valence-electron chi connectivity index (χ3n) is 2.70. The van der Waals surface area contributed by atoms with Gasteiger partial charge in [-0.15, -0.1) is 0 Å². The Morgan fingerprint density at radius 2 is 1.90 bits per heavy atom. The summed E-state index contributed by atoms with van der Waals surface area (Å²) in [4.78, 5) is 13.3. The summed E-state index contributed by atoms with van der Waals surface area (Å²) in [7, 11) is -1.73. The molecule has 0 heterocycles. The van der Waals surface area contributed by atoms with Crippen LogP contribution >= 0.6 is 0 Å². The second-order valence-electron chi connectivity index (χ2n) is 4.57. The SMILES string of the molecule is CN(CCC(=O)OCc1ccccc1)CCS(N)(=O)=O. The maximum Gasteiger partial charge on any atom is 0.307 e. The first-order valence-electron chi connectivity index (χ1n) is 6.25. The third-order valence-corrected chi connectivity index (χ3v) is 3.45. The van der Waals surface area contributed by atoms with E-state index in [1.807, 2.05) is 30.3 Å². The Labute approximate surface area is 119 Å². The van der Waals surface area contributed by atoms with Crippen LogP contribution in [-0.2, 0) is 26.2 Å². The van der Waals surface area contributed by atoms with E-state index in [0.29, 0.717) is 13.1 Å². The van der Waals surface area contributed by atoms with Crippen molar-refractivity contribution in [1.29, 1.82) is 0 Å². The second-order valence-corrected chi connectivity index (χ2v) is 6.30. The fourth-order valence-corrected chi connectivity index (χ4v) is 2.05. The van der Waals surface area contributed by atoms with Gasteiger partial charge in [0.1, 0.15) is 6.61 Å². The lowest BCUT2D eigenvalue weighted by atomic mass is 10.2. The average Bonchev–Trinajstić information content (AvgIpc) is 2.41. The first-order chi connectivity index (χ1) is 9.37. The minimum absolute atomic E-state index is 0.122. The molecule has 0 saturated carbocycles. The molecule has 0 bridgehead atoms. The fourth-order valence-electron chi connectivity index (χ4n) is 1.49. The first kappa shape index (κ1) is 16.6. The normalized spacial score (nSPS) is 11.6. The standard InChI is InChI=1S/C13H20N2O4S/c1-15(9-10-20(14,17)18)8-7-13(16)19-11-12-5-3-2-4-6-12/h2-6H,7-11H2,1H3,(H2,14,17,18). The van der Waals surface area contributed by atoms with E-state index in [-0.39, 0.29) is 24.7 Å². The second kappa shape index (κ2) is 7.98. The highest BCUT2D eigenvalue weighted by Crippen LogP contribution is 2.02. The quantitative estimate of drug-likeness (QED) is 0.699. The predicted molar refractivity (Wildman–Crippen MR) is 76.3 cm³/mol. The van der Waals surface area contributed by atoms with Crippen LogP contribution in [0.5, 0.6) is 0 Å². The largest absolute Gasteiger partial charge is 0.461 e. The van der Waals surface area contributed by atoms with Gasteiger partial charge in [-0.05, 0) is 12.6 Å². The van der Waals surface area contributed by atoms with Crippen LogP contribution in [0.1, 0.15) is 12.0 Å². The number of hydrogen-bond acceptors (Lipinski definition) is 5. The van der Waals surface area contributed by atoms with Gasteiger partial charge in [0.2, 0.25) is 10.0 Å². The highest BCUT2D eigenvalue weighted by Gasteiger charge is 2.09. The predicted octanol–water partition coefficient (Wildman–Crippen LogP) is 0.340. The van der Waals surface area contributed by atoms with E-state index < -0.39 is 10.0 Å². The number of nitrogens with two attached hydrogens (primary N) is 1. The van der Waals surface area contributed by atoms with E-state index in [4.69, 9.17) is 9.88 Å². The van der Waals surface area contributed by atoms with Gasteiger partial charge in [0.15, 0.2) is 0 Å². The Morgan fingerprint density at radius 3 is 2.50 bits per heavy atom. The summed E-state index contributed by atoms with van der Waals surface area (Å²) in [5.41, 5.74) is 0.934. The van der Waals surface area contributed by atoms with E-state index in [2.05, 4.69) is 0 Å². The van der Waals surface area contributed by atoms with Gasteiger partial charge in [-0.2, -0.15) is 0 Å². The van der Waals surface area contributed by atoms with Crippen LogP contribution in [0.2, 0.25) is 0 Å². The van der Waals surface area contributed by atoms with Crippen molar-refractivity contribution >= 4 is 16.0 Å². The Kier molecular flexibility index (Phi) is 6.63. The first-order valence-corrected chi connectivity index (χ1v) is 7.97. The number of primary sulfonamides is 1. The number of carbonyl (C=O) groups is 1. The average molecular weight is 300 g/mol. The lowest BCUT2D eigenvalue weighted by Gasteiger charge is -2.15. The monoisotopic (exact) mass is 300 g/mol. The molecular formula is C13H20N2O4S. The zero-order valence-electron chi connectivity index (χ0n) is 11.5. The summed E-state index contributed by atoms with van der Waals surface area (Å²) < 4.78 is 26.7. The number of esters is 1.